The SMILES string of the molecule is Cc1sc(C(=O)N2CCC(C)(O)C2)cc1-c1ccc(F)cc1. The number of aryl methyl sites for hydroxylation is 1. The van der Waals surface area contributed by atoms with Crippen LogP contribution in [-0.4, -0.2) is 34.6 Å². The van der Waals surface area contributed by atoms with Gasteiger partial charge in [-0.3, -0.25) is 4.79 Å². The van der Waals surface area contributed by atoms with E-state index in [0.717, 1.165) is 16.0 Å². The number of amides is 1. The summed E-state index contributed by atoms with van der Waals surface area (Å²) >= 11 is 1.44. The molecule has 3 nitrogen and oxygen atoms in total. The van der Waals surface area contributed by atoms with Crippen molar-refractivity contribution in [1.29, 1.82) is 0 Å². The van der Waals surface area contributed by atoms with Crippen molar-refractivity contribution in [2.24, 2.45) is 0 Å². The lowest BCUT2D eigenvalue weighted by atomic mass is 10.1. The highest BCUT2D eigenvalue weighted by atomic mass is 32.1. The van der Waals surface area contributed by atoms with Gasteiger partial charge in [-0.15, -0.1) is 11.3 Å². The smallest absolute Gasteiger partial charge is 0.264 e. The van der Waals surface area contributed by atoms with Crippen molar-refractivity contribution in [3.63, 3.8) is 0 Å². The van der Waals surface area contributed by atoms with Crippen molar-refractivity contribution in [2.75, 3.05) is 13.1 Å². The molecule has 2 heterocycles. The average molecular weight is 319 g/mol. The molecule has 1 amide bonds. The second-order valence-corrected chi connectivity index (χ2v) is 7.32. The van der Waals surface area contributed by atoms with E-state index in [-0.39, 0.29) is 11.7 Å². The molecule has 22 heavy (non-hydrogen) atoms. The van der Waals surface area contributed by atoms with E-state index in [4.69, 9.17) is 0 Å². The van der Waals surface area contributed by atoms with Gasteiger partial charge in [0.15, 0.2) is 0 Å². The molecule has 0 radical (unpaired) electrons. The lowest BCUT2D eigenvalue weighted by molar-refractivity contribution is 0.0575. The van der Waals surface area contributed by atoms with Gasteiger partial charge in [-0.2, -0.15) is 0 Å². The molecule has 1 unspecified atom stereocenters. The quantitative estimate of drug-likeness (QED) is 0.921. The molecule has 1 aliphatic heterocycles. The molecule has 0 aliphatic carbocycles. The number of β-amino-alcohol motifs (C(OH)–C–C–N with tert-alkyl or cyclic N) is 1. The minimum absolute atomic E-state index is 0.0424. The van der Waals surface area contributed by atoms with Crippen LogP contribution in [0.1, 0.15) is 27.9 Å². The second kappa shape index (κ2) is 5.48. The van der Waals surface area contributed by atoms with Gasteiger partial charge in [0.25, 0.3) is 5.91 Å². The van der Waals surface area contributed by atoms with Crippen molar-refractivity contribution in [3.05, 3.63) is 45.9 Å². The van der Waals surface area contributed by atoms with Gasteiger partial charge in [-0.25, -0.2) is 4.39 Å². The van der Waals surface area contributed by atoms with Gasteiger partial charge in [-0.1, -0.05) is 12.1 Å². The number of hydrogen-bond donors (Lipinski definition) is 1. The molecule has 1 N–H and O–H groups in total. The van der Waals surface area contributed by atoms with Gasteiger partial charge in [0.1, 0.15) is 5.82 Å². The third kappa shape index (κ3) is 2.91. The highest BCUT2D eigenvalue weighted by Gasteiger charge is 2.34. The van der Waals surface area contributed by atoms with Crippen LogP contribution < -0.4 is 0 Å². The maximum atomic E-state index is 13.0. The van der Waals surface area contributed by atoms with Gasteiger partial charge in [0.05, 0.1) is 10.5 Å². The number of thiophene rings is 1. The van der Waals surface area contributed by atoms with Crippen LogP contribution in [0.15, 0.2) is 30.3 Å². The number of benzene rings is 1. The van der Waals surface area contributed by atoms with Crippen LogP contribution in [0.25, 0.3) is 11.1 Å². The summed E-state index contributed by atoms with van der Waals surface area (Å²) in [7, 11) is 0. The zero-order valence-electron chi connectivity index (χ0n) is 12.6. The first-order chi connectivity index (χ1) is 10.4. The summed E-state index contributed by atoms with van der Waals surface area (Å²) in [6, 6.07) is 8.15. The number of rotatable bonds is 2. The number of aliphatic hydroxyl groups is 1. The van der Waals surface area contributed by atoms with E-state index in [1.807, 2.05) is 13.0 Å². The predicted molar refractivity (Wildman–Crippen MR) is 85.6 cm³/mol. The zero-order chi connectivity index (χ0) is 15.9. The molecule has 116 valence electrons. The minimum Gasteiger partial charge on any atom is -0.388 e. The van der Waals surface area contributed by atoms with Crippen LogP contribution >= 0.6 is 11.3 Å². The number of hydrogen-bond acceptors (Lipinski definition) is 3. The van der Waals surface area contributed by atoms with Crippen LogP contribution in [-0.2, 0) is 0 Å². The van der Waals surface area contributed by atoms with Crippen LogP contribution in [0.5, 0.6) is 0 Å². The molecule has 1 atom stereocenters. The van der Waals surface area contributed by atoms with Gasteiger partial charge in [-0.05, 0) is 49.6 Å². The first-order valence-corrected chi connectivity index (χ1v) is 8.05. The van der Waals surface area contributed by atoms with E-state index in [1.165, 1.54) is 23.5 Å². The summed E-state index contributed by atoms with van der Waals surface area (Å²) in [4.78, 5) is 15.9. The van der Waals surface area contributed by atoms with E-state index >= 15 is 0 Å². The lowest BCUT2D eigenvalue weighted by Gasteiger charge is -2.18. The van der Waals surface area contributed by atoms with Crippen molar-refractivity contribution in [1.82, 2.24) is 4.90 Å². The molecule has 3 rings (SSSR count). The predicted octanol–water partition coefficient (Wildman–Crippen LogP) is 3.46. The monoisotopic (exact) mass is 319 g/mol. The van der Waals surface area contributed by atoms with E-state index < -0.39 is 5.60 Å². The van der Waals surface area contributed by atoms with Gasteiger partial charge in [0, 0.05) is 18.0 Å². The number of carbonyl (C=O) groups excluding carboxylic acids is 1. The maximum Gasteiger partial charge on any atom is 0.264 e. The molecule has 1 aromatic carbocycles. The summed E-state index contributed by atoms with van der Waals surface area (Å²) in [5.41, 5.74) is 1.07. The van der Waals surface area contributed by atoms with E-state index in [0.29, 0.717) is 24.4 Å². The molecule has 1 saturated heterocycles. The second-order valence-electron chi connectivity index (χ2n) is 6.06. The average Bonchev–Trinajstić information content (AvgIpc) is 3.02. The van der Waals surface area contributed by atoms with Crippen molar-refractivity contribution < 1.29 is 14.3 Å². The van der Waals surface area contributed by atoms with Crippen molar-refractivity contribution in [2.45, 2.75) is 25.9 Å². The normalized spacial score (nSPS) is 21.4. The molecule has 0 spiro atoms. The van der Waals surface area contributed by atoms with Gasteiger partial charge >= 0.3 is 0 Å². The number of halogens is 1. The molecular formula is C17H18FNO2S. The van der Waals surface area contributed by atoms with E-state index in [9.17, 15) is 14.3 Å². The Balaban J connectivity index is 1.86. The Morgan fingerprint density at radius 1 is 1.36 bits per heavy atom. The number of nitrogens with zero attached hydrogens (tertiary/aromatic N) is 1. The highest BCUT2D eigenvalue weighted by Crippen LogP contribution is 2.33. The standard InChI is InChI=1S/C17H18FNO2S/c1-11-14(12-3-5-13(18)6-4-12)9-15(22-11)16(20)19-8-7-17(2,21)10-19/h3-6,9,21H,7-8,10H2,1-2H3. The summed E-state index contributed by atoms with van der Waals surface area (Å²) in [6.07, 6.45) is 0.605. The molecule has 0 saturated carbocycles. The van der Waals surface area contributed by atoms with Crippen LogP contribution in [0, 0.1) is 12.7 Å². The van der Waals surface area contributed by atoms with E-state index in [2.05, 4.69) is 0 Å². The molecule has 2 aromatic rings. The minimum atomic E-state index is -0.790. The molecule has 1 aromatic heterocycles. The first-order valence-electron chi connectivity index (χ1n) is 7.24. The molecular weight excluding hydrogens is 301 g/mol. The van der Waals surface area contributed by atoms with Crippen molar-refractivity contribution >= 4 is 17.2 Å². The summed E-state index contributed by atoms with van der Waals surface area (Å²) < 4.78 is 13.0. The fourth-order valence-corrected chi connectivity index (χ4v) is 3.79. The molecule has 5 heteroatoms. The van der Waals surface area contributed by atoms with Gasteiger partial charge in [0.2, 0.25) is 0 Å². The van der Waals surface area contributed by atoms with E-state index in [1.54, 1.807) is 24.0 Å². The first kappa shape index (κ1) is 15.2. The molecule has 1 aliphatic rings. The summed E-state index contributed by atoms with van der Waals surface area (Å²) in [5, 5.41) is 10.00. The Kier molecular flexibility index (Phi) is 3.78. The fraction of sp³-hybridized carbons (Fsp3) is 0.353. The Hall–Kier alpha value is -1.72. The largest absolute Gasteiger partial charge is 0.388 e. The van der Waals surface area contributed by atoms with Crippen LogP contribution in [0.4, 0.5) is 4.39 Å². The zero-order valence-corrected chi connectivity index (χ0v) is 13.4. The number of carbonyl (C=O) groups is 1. The maximum absolute atomic E-state index is 13.0. The Morgan fingerprint density at radius 3 is 2.64 bits per heavy atom. The topological polar surface area (TPSA) is 40.5 Å². The Labute approximate surface area is 133 Å². The molecule has 0 bridgehead atoms. The molecule has 1 fully saturated rings. The van der Waals surface area contributed by atoms with Crippen LogP contribution in [0.3, 0.4) is 0 Å². The Bertz CT molecular complexity index is 706. The summed E-state index contributed by atoms with van der Waals surface area (Å²) in [5.74, 6) is -0.313. The van der Waals surface area contributed by atoms with Gasteiger partial charge < -0.3 is 10.0 Å². The van der Waals surface area contributed by atoms with Crippen molar-refractivity contribution in [3.8, 4) is 11.1 Å². The Morgan fingerprint density at radius 2 is 2.05 bits per heavy atom. The third-order valence-electron chi connectivity index (χ3n) is 4.02. The summed E-state index contributed by atoms with van der Waals surface area (Å²) in [6.45, 7) is 4.66. The fourth-order valence-electron chi connectivity index (χ4n) is 2.78. The highest BCUT2D eigenvalue weighted by molar-refractivity contribution is 7.14. The van der Waals surface area contributed by atoms with Crippen LogP contribution in [0.2, 0.25) is 0 Å². The lowest BCUT2D eigenvalue weighted by Crippen LogP contribution is -2.33. The third-order valence-corrected chi connectivity index (χ3v) is 5.06. The number of likely N-dealkylation sites (tertiary alicyclic amines) is 1.